The Hall–Kier alpha value is -0.0887. The van der Waals surface area contributed by atoms with Crippen LogP contribution in [0.15, 0.2) is 18.2 Å². The van der Waals surface area contributed by atoms with Gasteiger partial charge in [-0.1, -0.05) is 6.07 Å². The molecule has 0 unspecified atom stereocenters. The van der Waals surface area contributed by atoms with Gasteiger partial charge in [-0.15, -0.1) is 0 Å². The van der Waals surface area contributed by atoms with Gasteiger partial charge in [-0.3, -0.25) is 10.1 Å². The maximum absolute atomic E-state index is 11.9. The van der Waals surface area contributed by atoms with Crippen LogP contribution < -0.4 is 56.1 Å². The summed E-state index contributed by atoms with van der Waals surface area (Å²) in [7, 11) is 0. The van der Waals surface area contributed by atoms with E-state index in [4.69, 9.17) is 0 Å². The van der Waals surface area contributed by atoms with Crippen molar-refractivity contribution in [3.05, 3.63) is 33.9 Å². The van der Waals surface area contributed by atoms with Crippen LogP contribution in [0.2, 0.25) is 0 Å². The van der Waals surface area contributed by atoms with Gasteiger partial charge in [0.1, 0.15) is 0 Å². The number of hydrogen-bond donors (Lipinski definition) is 0. The van der Waals surface area contributed by atoms with E-state index in [1.165, 1.54) is 12.1 Å². The number of nitrogens with zero attached hydrogens (tertiary/aromatic N) is 1. The van der Waals surface area contributed by atoms with Crippen molar-refractivity contribution in [2.24, 2.45) is 0 Å². The van der Waals surface area contributed by atoms with E-state index in [0.29, 0.717) is 5.56 Å². The molecule has 9 heteroatoms. The summed E-state index contributed by atoms with van der Waals surface area (Å²) in [6, 6.07) is 3.78. The largest absolute Gasteiger partial charge is 1.00 e. The van der Waals surface area contributed by atoms with Crippen molar-refractivity contribution in [2.45, 2.75) is 6.92 Å². The Kier molecular flexibility index (Phi) is 6.70. The van der Waals surface area contributed by atoms with Crippen LogP contribution in [-0.2, 0) is 0 Å². The summed E-state index contributed by atoms with van der Waals surface area (Å²) in [6.07, 6.45) is 0. The molecule has 0 atom stereocenters. The molecule has 0 aromatic heterocycles. The van der Waals surface area contributed by atoms with Crippen LogP contribution in [0, 0.1) is 17.0 Å². The zero-order valence-corrected chi connectivity index (χ0v) is 12.4. The van der Waals surface area contributed by atoms with Crippen molar-refractivity contribution in [2.75, 3.05) is 6.51 Å². The molecule has 0 radical (unpaired) electrons. The zero-order valence-electron chi connectivity index (χ0n) is 9.32. The maximum Gasteiger partial charge on any atom is 1.00 e. The number of ether oxygens (including phenoxy) is 1. The molecule has 0 aliphatic heterocycles. The van der Waals surface area contributed by atoms with Gasteiger partial charge in [0.2, 0.25) is 0 Å². The van der Waals surface area contributed by atoms with Crippen molar-refractivity contribution < 1.29 is 74.0 Å². The van der Waals surface area contributed by atoms with Gasteiger partial charge in [-0.25, -0.2) is 0 Å². The van der Waals surface area contributed by atoms with Crippen molar-refractivity contribution in [1.29, 1.82) is 0 Å². The van der Waals surface area contributed by atoms with Crippen LogP contribution in [-0.4, -0.2) is 18.4 Å². The van der Waals surface area contributed by atoms with E-state index in [1.807, 2.05) is 0 Å². The molecule has 1 rings (SSSR count). The summed E-state index contributed by atoms with van der Waals surface area (Å²) in [5.74, 6) is -0.366. The second-order valence-electron chi connectivity index (χ2n) is 3.25. The van der Waals surface area contributed by atoms with Crippen LogP contribution in [0.5, 0.6) is 5.75 Å². The number of rotatable bonds is 4. The third-order valence-corrected chi connectivity index (χ3v) is 1.74. The Morgan fingerprint density at radius 1 is 1.41 bits per heavy atom. The van der Waals surface area contributed by atoms with Crippen LogP contribution in [0.25, 0.3) is 0 Å². The van der Waals surface area contributed by atoms with Gasteiger partial charge < -0.3 is 17.7 Å². The van der Waals surface area contributed by atoms with Gasteiger partial charge in [0, 0.05) is 6.07 Å². The second-order valence-corrected chi connectivity index (χ2v) is 3.25. The summed E-state index contributed by atoms with van der Waals surface area (Å²) in [5, 5.41) is 10.5. The molecule has 0 saturated carbocycles. The first-order valence-electron chi connectivity index (χ1n) is 4.38. The standard InChI is InChI=1S/C8H8BF3NO3.K/c1-6-2-3-8(7(4-6)13(14)15)16-5-9(10,11)12;/h2-4H,5H2,1H3;/q-1;+1. The smallest absolute Gasteiger partial charge is 0.517 e. The van der Waals surface area contributed by atoms with Crippen LogP contribution in [0.1, 0.15) is 5.56 Å². The van der Waals surface area contributed by atoms with Gasteiger partial charge in [0.05, 0.1) is 11.4 Å². The normalized spacial score (nSPS) is 10.6. The van der Waals surface area contributed by atoms with Crippen LogP contribution in [0.3, 0.4) is 0 Å². The minimum absolute atomic E-state index is 0. The number of aryl methyl sites for hydroxylation is 1. The number of benzene rings is 1. The van der Waals surface area contributed by atoms with Gasteiger partial charge >= 0.3 is 64.0 Å². The van der Waals surface area contributed by atoms with Crippen molar-refractivity contribution >= 4 is 12.7 Å². The van der Waals surface area contributed by atoms with E-state index in [9.17, 15) is 23.1 Å². The van der Waals surface area contributed by atoms with Crippen LogP contribution in [0.4, 0.5) is 18.6 Å². The molecule has 0 heterocycles. The van der Waals surface area contributed by atoms with E-state index in [0.717, 1.165) is 6.07 Å². The number of nitro benzene ring substituents is 1. The number of hydrogen-bond acceptors (Lipinski definition) is 3. The summed E-state index contributed by atoms with van der Waals surface area (Å²) < 4.78 is 40.1. The number of nitro groups is 1. The van der Waals surface area contributed by atoms with Crippen molar-refractivity contribution in [3.63, 3.8) is 0 Å². The molecule has 0 saturated heterocycles. The molecule has 1 aromatic carbocycles. The Morgan fingerprint density at radius 3 is 2.47 bits per heavy atom. The molecule has 0 spiro atoms. The molecule has 0 N–H and O–H groups in total. The topological polar surface area (TPSA) is 52.4 Å². The Balaban J connectivity index is 0.00000256. The van der Waals surface area contributed by atoms with Crippen molar-refractivity contribution in [1.82, 2.24) is 0 Å². The molecule has 0 bridgehead atoms. The maximum atomic E-state index is 11.9. The molecule has 1 aromatic rings. The fourth-order valence-electron chi connectivity index (χ4n) is 1.08. The van der Waals surface area contributed by atoms with E-state index < -0.39 is 24.1 Å². The molecule has 17 heavy (non-hydrogen) atoms. The monoisotopic (exact) mass is 273 g/mol. The average molecular weight is 273 g/mol. The minimum atomic E-state index is -5.12. The molecule has 88 valence electrons. The quantitative estimate of drug-likeness (QED) is 0.429. The first kappa shape index (κ1) is 16.9. The minimum Gasteiger partial charge on any atom is -0.517 e. The predicted octanol–water partition coefficient (Wildman–Crippen LogP) is -0.327. The molecular formula is C8H8BF3KNO3. The second kappa shape index (κ2) is 6.74. The summed E-state index contributed by atoms with van der Waals surface area (Å²) in [6.45, 7) is -5.00. The fourth-order valence-corrected chi connectivity index (χ4v) is 1.08. The Labute approximate surface area is 138 Å². The van der Waals surface area contributed by atoms with Gasteiger partial charge in [-0.05, 0) is 18.6 Å². The van der Waals surface area contributed by atoms with Crippen molar-refractivity contribution in [3.8, 4) is 5.75 Å². The fraction of sp³-hybridized carbons (Fsp3) is 0.250. The average Bonchev–Trinajstić information content (AvgIpc) is 2.14. The molecular weight excluding hydrogens is 265 g/mol. The summed E-state index contributed by atoms with van der Waals surface area (Å²) in [4.78, 5) is 9.78. The van der Waals surface area contributed by atoms with E-state index in [-0.39, 0.29) is 57.1 Å². The SMILES string of the molecule is Cc1ccc(OC[B-](F)(F)F)c([N+](=O)[O-])c1.[K+]. The zero-order chi connectivity index (χ0) is 12.3. The number of halogens is 3. The van der Waals surface area contributed by atoms with Gasteiger partial charge in [0.25, 0.3) is 0 Å². The molecule has 0 aliphatic rings. The van der Waals surface area contributed by atoms with E-state index in [1.54, 1.807) is 6.92 Å². The van der Waals surface area contributed by atoms with Gasteiger partial charge in [-0.2, -0.15) is 0 Å². The van der Waals surface area contributed by atoms with E-state index >= 15 is 0 Å². The first-order valence-corrected chi connectivity index (χ1v) is 4.38. The third kappa shape index (κ3) is 5.87. The van der Waals surface area contributed by atoms with Gasteiger partial charge in [0.15, 0.2) is 5.75 Å². The molecule has 0 fully saturated rings. The van der Waals surface area contributed by atoms with E-state index in [2.05, 4.69) is 4.74 Å². The van der Waals surface area contributed by atoms with Crippen LogP contribution >= 0.6 is 0 Å². The Bertz CT molecular complexity index is 413. The third-order valence-electron chi connectivity index (χ3n) is 1.74. The molecule has 0 aliphatic carbocycles. The predicted molar refractivity (Wildman–Crippen MR) is 52.4 cm³/mol. The molecule has 4 nitrogen and oxygen atoms in total. The summed E-state index contributed by atoms with van der Waals surface area (Å²) in [5.41, 5.74) is 0.122. The first-order chi connectivity index (χ1) is 7.29. The Morgan fingerprint density at radius 2 is 2.00 bits per heavy atom. The summed E-state index contributed by atoms with van der Waals surface area (Å²) >= 11 is 0. The molecule has 0 amide bonds.